The zero-order valence-electron chi connectivity index (χ0n) is 10.7. The second-order valence-electron chi connectivity index (χ2n) is 5.19. The van der Waals surface area contributed by atoms with E-state index in [9.17, 15) is 4.39 Å². The normalized spacial score (nSPS) is 21.4. The van der Waals surface area contributed by atoms with Gasteiger partial charge in [0.15, 0.2) is 0 Å². The van der Waals surface area contributed by atoms with E-state index in [0.29, 0.717) is 12.0 Å². The SMILES string of the molecule is Fc1ccc(C2CC(Nc3ccc(Cl)cc3I)C2)cc1. The third-order valence-electron chi connectivity index (χ3n) is 3.77. The standard InChI is InChI=1S/C16H14ClFIN/c17-12-3-6-16(15(19)9-12)20-14-7-11(8-14)10-1-4-13(18)5-2-10/h1-6,9,11,14,20H,7-8H2. The number of halogens is 3. The van der Waals surface area contributed by atoms with E-state index in [-0.39, 0.29) is 5.82 Å². The number of hydrogen-bond donors (Lipinski definition) is 1. The summed E-state index contributed by atoms with van der Waals surface area (Å²) < 4.78 is 14.0. The minimum absolute atomic E-state index is 0.168. The first-order valence-electron chi connectivity index (χ1n) is 6.59. The third-order valence-corrected chi connectivity index (χ3v) is 4.90. The van der Waals surface area contributed by atoms with Crippen molar-refractivity contribution in [1.29, 1.82) is 0 Å². The van der Waals surface area contributed by atoms with Crippen LogP contribution in [-0.4, -0.2) is 6.04 Å². The van der Waals surface area contributed by atoms with Crippen LogP contribution in [0.1, 0.15) is 24.3 Å². The number of rotatable bonds is 3. The zero-order chi connectivity index (χ0) is 14.1. The average Bonchev–Trinajstić information content (AvgIpc) is 2.37. The lowest BCUT2D eigenvalue weighted by molar-refractivity contribution is 0.374. The molecule has 0 spiro atoms. The molecular weight excluding hydrogens is 388 g/mol. The van der Waals surface area contributed by atoms with Gasteiger partial charge < -0.3 is 5.32 Å². The molecule has 0 atom stereocenters. The summed E-state index contributed by atoms with van der Waals surface area (Å²) >= 11 is 8.25. The summed E-state index contributed by atoms with van der Waals surface area (Å²) in [6, 6.07) is 13.2. The lowest BCUT2D eigenvalue weighted by Gasteiger charge is -2.37. The lowest BCUT2D eigenvalue weighted by atomic mass is 9.76. The van der Waals surface area contributed by atoms with E-state index >= 15 is 0 Å². The Morgan fingerprint density at radius 1 is 1.10 bits per heavy atom. The van der Waals surface area contributed by atoms with Gasteiger partial charge in [0.05, 0.1) is 0 Å². The molecule has 2 aromatic rings. The first-order valence-corrected chi connectivity index (χ1v) is 8.04. The van der Waals surface area contributed by atoms with Crippen LogP contribution in [0.5, 0.6) is 0 Å². The highest BCUT2D eigenvalue weighted by Gasteiger charge is 2.30. The number of anilines is 1. The number of nitrogens with one attached hydrogen (secondary N) is 1. The van der Waals surface area contributed by atoms with Gasteiger partial charge in [-0.25, -0.2) is 4.39 Å². The van der Waals surface area contributed by atoms with Gasteiger partial charge in [-0.3, -0.25) is 0 Å². The highest BCUT2D eigenvalue weighted by atomic mass is 127. The van der Waals surface area contributed by atoms with Crippen LogP contribution in [0.3, 0.4) is 0 Å². The van der Waals surface area contributed by atoms with E-state index in [4.69, 9.17) is 11.6 Å². The summed E-state index contributed by atoms with van der Waals surface area (Å²) in [5.41, 5.74) is 2.37. The quantitative estimate of drug-likeness (QED) is 0.675. The first kappa shape index (κ1) is 14.1. The molecule has 0 radical (unpaired) electrons. The second kappa shape index (κ2) is 5.90. The van der Waals surface area contributed by atoms with Crippen LogP contribution in [0.4, 0.5) is 10.1 Å². The molecular formula is C16H14ClFIN. The molecule has 2 aromatic carbocycles. The molecule has 20 heavy (non-hydrogen) atoms. The van der Waals surface area contributed by atoms with Crippen molar-refractivity contribution < 1.29 is 4.39 Å². The molecule has 0 bridgehead atoms. The topological polar surface area (TPSA) is 12.0 Å². The Bertz CT molecular complexity index is 608. The van der Waals surface area contributed by atoms with Crippen LogP contribution in [0.15, 0.2) is 42.5 Å². The first-order chi connectivity index (χ1) is 9.61. The second-order valence-corrected chi connectivity index (χ2v) is 6.78. The number of benzene rings is 2. The maximum atomic E-state index is 12.9. The maximum absolute atomic E-state index is 12.9. The molecule has 0 aliphatic heterocycles. The molecule has 1 nitrogen and oxygen atoms in total. The molecule has 0 aromatic heterocycles. The van der Waals surface area contributed by atoms with Crippen LogP contribution >= 0.6 is 34.2 Å². The van der Waals surface area contributed by atoms with Crippen molar-refractivity contribution in [2.24, 2.45) is 0 Å². The molecule has 1 fully saturated rings. The average molecular weight is 402 g/mol. The molecule has 1 N–H and O–H groups in total. The van der Waals surface area contributed by atoms with Gasteiger partial charge in [-0.15, -0.1) is 0 Å². The fourth-order valence-corrected chi connectivity index (χ4v) is 3.60. The van der Waals surface area contributed by atoms with Gasteiger partial charge >= 0.3 is 0 Å². The predicted molar refractivity (Wildman–Crippen MR) is 90.0 cm³/mol. The summed E-state index contributed by atoms with van der Waals surface area (Å²) in [6.07, 6.45) is 2.18. The van der Waals surface area contributed by atoms with Gasteiger partial charge in [0.1, 0.15) is 5.82 Å². The molecule has 1 aliphatic rings. The summed E-state index contributed by atoms with van der Waals surface area (Å²) in [5, 5.41) is 4.31. The van der Waals surface area contributed by atoms with Crippen molar-refractivity contribution in [1.82, 2.24) is 0 Å². The van der Waals surface area contributed by atoms with Crippen LogP contribution in [-0.2, 0) is 0 Å². The van der Waals surface area contributed by atoms with E-state index in [2.05, 4.69) is 27.9 Å². The van der Waals surface area contributed by atoms with Crippen molar-refractivity contribution >= 4 is 39.9 Å². The van der Waals surface area contributed by atoms with E-state index in [0.717, 1.165) is 27.1 Å². The molecule has 3 rings (SSSR count). The molecule has 0 saturated heterocycles. The largest absolute Gasteiger partial charge is 0.381 e. The Balaban J connectivity index is 1.59. The van der Waals surface area contributed by atoms with Gasteiger partial charge in [-0.05, 0) is 77.2 Å². The Kier molecular flexibility index (Phi) is 4.17. The van der Waals surface area contributed by atoms with Crippen LogP contribution in [0.2, 0.25) is 5.02 Å². The van der Waals surface area contributed by atoms with Gasteiger partial charge in [0.25, 0.3) is 0 Å². The highest BCUT2D eigenvalue weighted by Crippen LogP contribution is 2.39. The third kappa shape index (κ3) is 3.09. The van der Waals surface area contributed by atoms with Crippen molar-refractivity contribution in [3.05, 3.63) is 62.4 Å². The van der Waals surface area contributed by atoms with Crippen molar-refractivity contribution in [2.45, 2.75) is 24.8 Å². The highest BCUT2D eigenvalue weighted by molar-refractivity contribution is 14.1. The van der Waals surface area contributed by atoms with Gasteiger partial charge in [-0.1, -0.05) is 23.7 Å². The van der Waals surface area contributed by atoms with Gasteiger partial charge in [0.2, 0.25) is 0 Å². The molecule has 0 amide bonds. The van der Waals surface area contributed by atoms with E-state index in [1.165, 1.54) is 17.7 Å². The lowest BCUT2D eigenvalue weighted by Crippen LogP contribution is -2.34. The van der Waals surface area contributed by atoms with E-state index < -0.39 is 0 Å². The smallest absolute Gasteiger partial charge is 0.123 e. The Morgan fingerprint density at radius 2 is 1.80 bits per heavy atom. The maximum Gasteiger partial charge on any atom is 0.123 e. The van der Waals surface area contributed by atoms with E-state index in [1.807, 2.05) is 30.3 Å². The van der Waals surface area contributed by atoms with Crippen LogP contribution in [0.25, 0.3) is 0 Å². The Labute approximate surface area is 136 Å². The van der Waals surface area contributed by atoms with Gasteiger partial charge in [-0.2, -0.15) is 0 Å². The zero-order valence-corrected chi connectivity index (χ0v) is 13.7. The van der Waals surface area contributed by atoms with Crippen molar-refractivity contribution in [2.75, 3.05) is 5.32 Å². The minimum atomic E-state index is -0.168. The molecule has 0 heterocycles. The summed E-state index contributed by atoms with van der Waals surface area (Å²) in [4.78, 5) is 0. The molecule has 1 aliphatic carbocycles. The molecule has 104 valence electrons. The Hall–Kier alpha value is -0.810. The monoisotopic (exact) mass is 401 g/mol. The van der Waals surface area contributed by atoms with Crippen molar-refractivity contribution in [3.63, 3.8) is 0 Å². The summed E-state index contributed by atoms with van der Waals surface area (Å²) in [5.74, 6) is 0.372. The summed E-state index contributed by atoms with van der Waals surface area (Å²) in [6.45, 7) is 0. The fraction of sp³-hybridized carbons (Fsp3) is 0.250. The van der Waals surface area contributed by atoms with Crippen LogP contribution < -0.4 is 5.32 Å². The minimum Gasteiger partial charge on any atom is -0.381 e. The molecule has 1 saturated carbocycles. The van der Waals surface area contributed by atoms with E-state index in [1.54, 1.807) is 0 Å². The number of hydrogen-bond acceptors (Lipinski definition) is 1. The Morgan fingerprint density at radius 3 is 2.45 bits per heavy atom. The fourth-order valence-electron chi connectivity index (χ4n) is 2.57. The van der Waals surface area contributed by atoms with Crippen molar-refractivity contribution in [3.8, 4) is 0 Å². The summed E-state index contributed by atoms with van der Waals surface area (Å²) in [7, 11) is 0. The van der Waals surface area contributed by atoms with Crippen LogP contribution in [0, 0.1) is 9.39 Å². The predicted octanol–water partition coefficient (Wildman–Crippen LogP) is 5.44. The molecule has 4 heteroatoms. The van der Waals surface area contributed by atoms with Gasteiger partial charge in [0, 0.05) is 20.3 Å². The molecule has 0 unspecified atom stereocenters.